The van der Waals surface area contributed by atoms with Crippen LogP contribution in [0.15, 0.2) is 22.7 Å². The molecule has 1 aromatic carbocycles. The quantitative estimate of drug-likeness (QED) is 0.843. The Bertz CT molecular complexity index is 456. The molecule has 0 aliphatic carbocycles. The molecule has 1 N–H and O–H groups in total. The van der Waals surface area contributed by atoms with E-state index in [9.17, 15) is 4.39 Å². The van der Waals surface area contributed by atoms with E-state index in [4.69, 9.17) is 0 Å². The minimum atomic E-state index is -0.149. The molecule has 1 saturated heterocycles. The van der Waals surface area contributed by atoms with Crippen LogP contribution in [0.1, 0.15) is 27.7 Å². The van der Waals surface area contributed by atoms with Crippen LogP contribution in [-0.4, -0.2) is 25.2 Å². The van der Waals surface area contributed by atoms with Gasteiger partial charge in [0.05, 0.1) is 5.69 Å². The molecule has 1 aliphatic heterocycles. The molecule has 0 aromatic heterocycles. The van der Waals surface area contributed by atoms with E-state index < -0.39 is 0 Å². The van der Waals surface area contributed by atoms with Crippen LogP contribution in [0.4, 0.5) is 10.1 Å². The predicted octanol–water partition coefficient (Wildman–Crippen LogP) is 3.80. The van der Waals surface area contributed by atoms with E-state index in [2.05, 4.69) is 53.8 Å². The first kappa shape index (κ1) is 14.8. The normalized spacial score (nSPS) is 24.6. The molecule has 2 rings (SSSR count). The highest BCUT2D eigenvalue weighted by Crippen LogP contribution is 2.30. The zero-order valence-electron chi connectivity index (χ0n) is 12.0. The summed E-state index contributed by atoms with van der Waals surface area (Å²) in [5.74, 6) is -0.149. The predicted molar refractivity (Wildman–Crippen MR) is 82.2 cm³/mol. The van der Waals surface area contributed by atoms with Gasteiger partial charge in [0.1, 0.15) is 5.82 Å². The summed E-state index contributed by atoms with van der Waals surface area (Å²) >= 11 is 3.43. The molecule has 0 bridgehead atoms. The third-order valence-electron chi connectivity index (χ3n) is 3.83. The van der Waals surface area contributed by atoms with Gasteiger partial charge in [-0.05, 0) is 30.5 Å². The Hall–Kier alpha value is -0.610. The van der Waals surface area contributed by atoms with Crippen molar-refractivity contribution in [2.24, 2.45) is 5.41 Å². The van der Waals surface area contributed by atoms with E-state index in [0.717, 1.165) is 17.6 Å². The molecule has 1 aromatic rings. The second kappa shape index (κ2) is 5.41. The van der Waals surface area contributed by atoms with Gasteiger partial charge in [-0.3, -0.25) is 0 Å². The van der Waals surface area contributed by atoms with Gasteiger partial charge in [-0.15, -0.1) is 0 Å². The first-order valence-corrected chi connectivity index (χ1v) is 7.53. The van der Waals surface area contributed by atoms with Gasteiger partial charge < -0.3 is 10.2 Å². The number of nitrogens with zero attached hydrogens (tertiary/aromatic N) is 1. The van der Waals surface area contributed by atoms with E-state index in [0.29, 0.717) is 17.8 Å². The SMILES string of the molecule is CC1CNC(C(C)(C)C)CN1c1cc(Br)ccc1F. The number of anilines is 1. The van der Waals surface area contributed by atoms with Crippen LogP contribution in [0.3, 0.4) is 0 Å². The monoisotopic (exact) mass is 328 g/mol. The summed E-state index contributed by atoms with van der Waals surface area (Å²) in [6.45, 7) is 10.5. The van der Waals surface area contributed by atoms with Crippen LogP contribution < -0.4 is 10.2 Å². The zero-order valence-corrected chi connectivity index (χ0v) is 13.6. The summed E-state index contributed by atoms with van der Waals surface area (Å²) in [4.78, 5) is 2.17. The van der Waals surface area contributed by atoms with E-state index in [1.807, 2.05) is 6.07 Å². The van der Waals surface area contributed by atoms with Crippen LogP contribution in [0.5, 0.6) is 0 Å². The van der Waals surface area contributed by atoms with Gasteiger partial charge in [0.25, 0.3) is 0 Å². The molecule has 106 valence electrons. The highest BCUT2D eigenvalue weighted by molar-refractivity contribution is 9.10. The minimum absolute atomic E-state index is 0.149. The fourth-order valence-electron chi connectivity index (χ4n) is 2.49. The summed E-state index contributed by atoms with van der Waals surface area (Å²) in [5, 5.41) is 3.57. The van der Waals surface area contributed by atoms with E-state index in [1.54, 1.807) is 6.07 Å². The van der Waals surface area contributed by atoms with Crippen molar-refractivity contribution in [2.45, 2.75) is 39.8 Å². The van der Waals surface area contributed by atoms with Gasteiger partial charge in [-0.1, -0.05) is 36.7 Å². The number of hydrogen-bond donors (Lipinski definition) is 1. The lowest BCUT2D eigenvalue weighted by Crippen LogP contribution is -2.59. The van der Waals surface area contributed by atoms with Crippen molar-refractivity contribution < 1.29 is 4.39 Å². The van der Waals surface area contributed by atoms with Gasteiger partial charge in [0, 0.05) is 29.6 Å². The molecule has 2 nitrogen and oxygen atoms in total. The van der Waals surface area contributed by atoms with E-state index >= 15 is 0 Å². The van der Waals surface area contributed by atoms with Gasteiger partial charge >= 0.3 is 0 Å². The van der Waals surface area contributed by atoms with E-state index in [-0.39, 0.29) is 11.2 Å². The van der Waals surface area contributed by atoms with Gasteiger partial charge in [0.2, 0.25) is 0 Å². The van der Waals surface area contributed by atoms with Crippen molar-refractivity contribution in [3.8, 4) is 0 Å². The average Bonchev–Trinajstić information content (AvgIpc) is 2.32. The summed E-state index contributed by atoms with van der Waals surface area (Å²) in [7, 11) is 0. The molecular formula is C15H22BrFN2. The molecule has 1 aliphatic rings. The lowest BCUT2D eigenvalue weighted by Gasteiger charge is -2.45. The van der Waals surface area contributed by atoms with Gasteiger partial charge in [0.15, 0.2) is 0 Å². The fourth-order valence-corrected chi connectivity index (χ4v) is 2.83. The maximum absolute atomic E-state index is 14.1. The summed E-state index contributed by atoms with van der Waals surface area (Å²) in [6, 6.07) is 5.80. The first-order chi connectivity index (χ1) is 8.79. The number of benzene rings is 1. The Balaban J connectivity index is 2.28. The largest absolute Gasteiger partial charge is 0.364 e. The number of piperazine rings is 1. The summed E-state index contributed by atoms with van der Waals surface area (Å²) < 4.78 is 15.0. The van der Waals surface area contributed by atoms with Crippen molar-refractivity contribution in [1.29, 1.82) is 0 Å². The Morgan fingerprint density at radius 3 is 2.68 bits per heavy atom. The van der Waals surface area contributed by atoms with Gasteiger partial charge in [-0.2, -0.15) is 0 Å². The molecule has 4 heteroatoms. The topological polar surface area (TPSA) is 15.3 Å². The van der Waals surface area contributed by atoms with Crippen molar-refractivity contribution in [1.82, 2.24) is 5.32 Å². The third-order valence-corrected chi connectivity index (χ3v) is 4.33. The van der Waals surface area contributed by atoms with Crippen LogP contribution >= 0.6 is 15.9 Å². The van der Waals surface area contributed by atoms with E-state index in [1.165, 1.54) is 6.07 Å². The summed E-state index contributed by atoms with van der Waals surface area (Å²) in [6.07, 6.45) is 0. The summed E-state index contributed by atoms with van der Waals surface area (Å²) in [5.41, 5.74) is 0.860. The van der Waals surface area contributed by atoms with Crippen LogP contribution in [0.2, 0.25) is 0 Å². The van der Waals surface area contributed by atoms with Crippen LogP contribution in [-0.2, 0) is 0 Å². The fraction of sp³-hybridized carbons (Fsp3) is 0.600. The smallest absolute Gasteiger partial charge is 0.146 e. The Labute approximate surface area is 123 Å². The highest BCUT2D eigenvalue weighted by atomic mass is 79.9. The molecular weight excluding hydrogens is 307 g/mol. The first-order valence-electron chi connectivity index (χ1n) is 6.74. The van der Waals surface area contributed by atoms with Crippen molar-refractivity contribution in [3.63, 3.8) is 0 Å². The molecule has 0 amide bonds. The number of halogens is 2. The number of hydrogen-bond acceptors (Lipinski definition) is 2. The standard InChI is InChI=1S/C15H22BrFN2/c1-10-8-18-14(15(2,3)4)9-19(10)13-7-11(16)5-6-12(13)17/h5-7,10,14,18H,8-9H2,1-4H3. The van der Waals surface area contributed by atoms with Crippen LogP contribution in [0.25, 0.3) is 0 Å². The van der Waals surface area contributed by atoms with Crippen molar-refractivity contribution >= 4 is 21.6 Å². The Morgan fingerprint density at radius 2 is 2.05 bits per heavy atom. The third kappa shape index (κ3) is 3.29. The van der Waals surface area contributed by atoms with Crippen molar-refractivity contribution in [3.05, 3.63) is 28.5 Å². The molecule has 19 heavy (non-hydrogen) atoms. The molecule has 0 radical (unpaired) electrons. The maximum atomic E-state index is 14.1. The molecule has 0 spiro atoms. The second-order valence-corrected chi connectivity index (χ2v) is 7.34. The van der Waals surface area contributed by atoms with Gasteiger partial charge in [-0.25, -0.2) is 4.39 Å². The number of nitrogens with one attached hydrogen (secondary N) is 1. The highest BCUT2D eigenvalue weighted by Gasteiger charge is 2.33. The van der Waals surface area contributed by atoms with Crippen molar-refractivity contribution in [2.75, 3.05) is 18.0 Å². The minimum Gasteiger partial charge on any atom is -0.364 e. The number of rotatable bonds is 1. The van der Waals surface area contributed by atoms with Crippen LogP contribution in [0, 0.1) is 11.2 Å². The maximum Gasteiger partial charge on any atom is 0.146 e. The zero-order chi connectivity index (χ0) is 14.2. The molecule has 0 saturated carbocycles. The Morgan fingerprint density at radius 1 is 1.37 bits per heavy atom. The molecule has 1 fully saturated rings. The molecule has 2 atom stereocenters. The molecule has 2 unspecified atom stereocenters. The average molecular weight is 329 g/mol. The molecule has 1 heterocycles. The lowest BCUT2D eigenvalue weighted by molar-refractivity contribution is 0.238. The second-order valence-electron chi connectivity index (χ2n) is 6.42. The Kier molecular flexibility index (Phi) is 4.21. The lowest BCUT2D eigenvalue weighted by atomic mass is 9.84.